The molecule has 37 heavy (non-hydrogen) atoms. The molecule has 3 aromatic rings. The molecule has 1 heterocycles. The van der Waals surface area contributed by atoms with Crippen LogP contribution < -0.4 is 5.56 Å². The first-order valence-electron chi connectivity index (χ1n) is 9.13. The summed E-state index contributed by atoms with van der Waals surface area (Å²) in [5.74, 6) is -16.6. The van der Waals surface area contributed by atoms with Gasteiger partial charge < -0.3 is 20.6 Å². The topological polar surface area (TPSA) is 122 Å². The molecule has 0 amide bonds. The van der Waals surface area contributed by atoms with Crippen LogP contribution in [-0.2, 0) is 6.54 Å². The van der Waals surface area contributed by atoms with Crippen LogP contribution in [0, 0.1) is 49.4 Å². The van der Waals surface area contributed by atoms with E-state index in [-0.39, 0.29) is 75.7 Å². The van der Waals surface area contributed by atoms with Crippen LogP contribution in [0.4, 0.5) is 43.9 Å². The predicted molar refractivity (Wildman–Crippen MR) is 106 cm³/mol. The zero-order valence-electron chi connectivity index (χ0n) is 17.7. The van der Waals surface area contributed by atoms with Crippen LogP contribution >= 0.6 is 0 Å². The number of alkyl halides is 10. The number of rotatable bonds is 5. The number of carbonyl (C=O) groups excluding carboxylic acids is 1. The Kier molecular flexibility index (Phi) is 10.9. The van der Waals surface area contributed by atoms with Crippen LogP contribution in [0.3, 0.4) is 0 Å². The summed E-state index contributed by atoms with van der Waals surface area (Å²) in [6.07, 6.45) is -14.7. The van der Waals surface area contributed by atoms with Crippen LogP contribution in [0.25, 0.3) is 21.7 Å². The molecule has 17 heteroatoms. The minimum absolute atomic E-state index is 0. The summed E-state index contributed by atoms with van der Waals surface area (Å²) in [6, 6.07) is 7.63. The molecule has 1 radical (unpaired) electrons. The van der Waals surface area contributed by atoms with E-state index in [9.17, 15) is 58.6 Å². The number of Topliss-reactive ketones (excluding diaryl/α,β-unsaturated/α-hetero) is 1. The first-order valence-corrected chi connectivity index (χ1v) is 9.13. The Morgan fingerprint density at radius 1 is 0.838 bits per heavy atom. The van der Waals surface area contributed by atoms with E-state index in [1.807, 2.05) is 0 Å². The fraction of sp³-hybridized carbons (Fsp3) is 0.300. The maximum absolute atomic E-state index is 13.9. The summed E-state index contributed by atoms with van der Waals surface area (Å²) in [4.78, 5) is 24.5. The van der Waals surface area contributed by atoms with Gasteiger partial charge in [0, 0.05) is 73.1 Å². The Bertz CT molecular complexity index is 1350. The molecule has 0 atom stereocenters. The number of fused-ring (bicyclic) bond motifs is 3. The molecular weight excluding hydrogens is 676 g/mol. The summed E-state index contributed by atoms with van der Waals surface area (Å²) >= 11 is 0. The monoisotopic (exact) mass is 692 g/mol. The second-order valence-corrected chi connectivity index (χ2v) is 7.22. The van der Waals surface area contributed by atoms with E-state index in [4.69, 9.17) is 0 Å². The number of hydrogen-bond acceptors (Lipinski definition) is 3. The molecule has 0 saturated heterocycles. The molecule has 0 fully saturated rings. The molecule has 0 bridgehead atoms. The van der Waals surface area contributed by atoms with Crippen molar-refractivity contribution in [3.05, 3.63) is 52.3 Å². The molecule has 0 unspecified atom stereocenters. The van der Waals surface area contributed by atoms with E-state index < -0.39 is 70.7 Å². The SMILES string of the molecule is O.O.O=C(c1c(O)c2ccc3ccccc3c2n(CCC(F)(F)C(F)(F)C(F)(F)F)c1=O)C(F)(F)F.[Eu]. The van der Waals surface area contributed by atoms with E-state index in [0.717, 1.165) is 6.07 Å². The van der Waals surface area contributed by atoms with Crippen LogP contribution in [0.2, 0.25) is 0 Å². The number of hydrogen-bond donors (Lipinski definition) is 1. The van der Waals surface area contributed by atoms with Crippen molar-refractivity contribution in [1.82, 2.24) is 4.57 Å². The smallest absolute Gasteiger partial charge is 0.459 e. The molecule has 0 saturated carbocycles. The van der Waals surface area contributed by atoms with Gasteiger partial charge in [0.15, 0.2) is 0 Å². The standard InChI is InChI=1S/C20H11F10NO3.Eu.2H2O/c21-17(22,19(26,27)20(28,29)30)7-8-31-13-10-4-2-1-3-9(10)5-6-11(13)14(32)12(16(31)34)15(33)18(23,24)25;;;/h1-6,32H,7-8H2;;2*1H2. The zero-order valence-corrected chi connectivity index (χ0v) is 20.2. The van der Waals surface area contributed by atoms with Crippen molar-refractivity contribution < 1.29 is 114 Å². The van der Waals surface area contributed by atoms with Gasteiger partial charge in [-0.05, 0) is 11.5 Å². The minimum atomic E-state index is -6.66. The number of aromatic nitrogens is 1. The number of carbonyl (C=O) groups is 1. The molecule has 3 rings (SSSR count). The molecule has 0 aliphatic rings. The molecular formula is C20H15EuF10NO5. The Morgan fingerprint density at radius 2 is 1.38 bits per heavy atom. The van der Waals surface area contributed by atoms with Gasteiger partial charge >= 0.3 is 24.2 Å². The van der Waals surface area contributed by atoms with Gasteiger partial charge in [0.25, 0.3) is 11.3 Å². The van der Waals surface area contributed by atoms with E-state index in [1.165, 1.54) is 30.3 Å². The molecule has 6 nitrogen and oxygen atoms in total. The number of ketones is 1. The van der Waals surface area contributed by atoms with E-state index in [0.29, 0.717) is 0 Å². The normalized spacial score (nSPS) is 12.5. The average molecular weight is 691 g/mol. The van der Waals surface area contributed by atoms with E-state index in [2.05, 4.69) is 0 Å². The predicted octanol–water partition coefficient (Wildman–Crippen LogP) is 4.18. The van der Waals surface area contributed by atoms with E-state index in [1.54, 1.807) is 0 Å². The quantitative estimate of drug-likeness (QED) is 0.246. The average Bonchev–Trinajstić information content (AvgIpc) is 2.71. The van der Waals surface area contributed by atoms with Gasteiger partial charge in [0.2, 0.25) is 0 Å². The van der Waals surface area contributed by atoms with Gasteiger partial charge in [-0.3, -0.25) is 9.59 Å². The van der Waals surface area contributed by atoms with Crippen molar-refractivity contribution in [1.29, 1.82) is 0 Å². The molecule has 5 N–H and O–H groups in total. The first kappa shape index (κ1) is 35.2. The van der Waals surface area contributed by atoms with Crippen molar-refractivity contribution in [2.75, 3.05) is 0 Å². The molecule has 1 aromatic heterocycles. The fourth-order valence-corrected chi connectivity index (χ4v) is 3.39. The summed E-state index contributed by atoms with van der Waals surface area (Å²) in [5.41, 5.74) is -4.42. The van der Waals surface area contributed by atoms with Crippen molar-refractivity contribution in [2.24, 2.45) is 0 Å². The third-order valence-corrected chi connectivity index (χ3v) is 5.07. The Morgan fingerprint density at radius 3 is 1.89 bits per heavy atom. The van der Waals surface area contributed by atoms with Gasteiger partial charge in [-0.1, -0.05) is 30.3 Å². The molecule has 0 spiro atoms. The van der Waals surface area contributed by atoms with Crippen LogP contribution in [0.15, 0.2) is 41.2 Å². The number of halogens is 10. The third kappa shape index (κ3) is 6.10. The Hall–Kier alpha value is -1.82. The number of benzene rings is 2. The van der Waals surface area contributed by atoms with Crippen LogP contribution in [-0.4, -0.2) is 50.6 Å². The van der Waals surface area contributed by atoms with Crippen molar-refractivity contribution in [2.45, 2.75) is 37.2 Å². The van der Waals surface area contributed by atoms with Gasteiger partial charge in [-0.25, -0.2) is 0 Å². The zero-order chi connectivity index (χ0) is 25.9. The number of aryl methyl sites for hydroxylation is 1. The Labute approximate surface area is 240 Å². The van der Waals surface area contributed by atoms with Crippen molar-refractivity contribution >= 4 is 27.5 Å². The second-order valence-electron chi connectivity index (χ2n) is 7.22. The van der Waals surface area contributed by atoms with Crippen molar-refractivity contribution in [3.8, 4) is 5.75 Å². The fourth-order valence-electron chi connectivity index (χ4n) is 3.39. The third-order valence-electron chi connectivity index (χ3n) is 5.07. The minimum Gasteiger partial charge on any atom is -0.506 e. The van der Waals surface area contributed by atoms with Gasteiger partial charge in [-0.2, -0.15) is 43.9 Å². The largest absolute Gasteiger partial charge is 0.506 e. The van der Waals surface area contributed by atoms with Crippen LogP contribution in [0.5, 0.6) is 5.75 Å². The number of pyridine rings is 1. The van der Waals surface area contributed by atoms with Crippen LogP contribution in [0.1, 0.15) is 16.8 Å². The molecule has 0 aliphatic heterocycles. The van der Waals surface area contributed by atoms with Gasteiger partial charge in [0.05, 0.1) is 5.52 Å². The van der Waals surface area contributed by atoms with Gasteiger partial charge in [-0.15, -0.1) is 0 Å². The van der Waals surface area contributed by atoms with Gasteiger partial charge in [0.1, 0.15) is 11.3 Å². The maximum atomic E-state index is 13.9. The van der Waals surface area contributed by atoms with Crippen molar-refractivity contribution in [3.63, 3.8) is 0 Å². The molecule has 2 aromatic carbocycles. The maximum Gasteiger partial charge on any atom is 0.459 e. The summed E-state index contributed by atoms with van der Waals surface area (Å²) in [6.45, 7) is -1.64. The summed E-state index contributed by atoms with van der Waals surface area (Å²) < 4.78 is 131. The summed E-state index contributed by atoms with van der Waals surface area (Å²) in [7, 11) is 0. The first-order chi connectivity index (χ1) is 15.4. The number of aromatic hydroxyl groups is 1. The molecule has 0 aliphatic carbocycles. The van der Waals surface area contributed by atoms with E-state index >= 15 is 0 Å². The molecule has 207 valence electrons. The number of nitrogens with zero attached hydrogens (tertiary/aromatic N) is 1. The summed E-state index contributed by atoms with van der Waals surface area (Å²) in [5, 5.41) is 9.86. The Balaban J connectivity index is 0.00000432. The second kappa shape index (κ2) is 11.5.